The number of aliphatic carboxylic acids is 1. The van der Waals surface area contributed by atoms with Gasteiger partial charge in [-0.1, -0.05) is 0 Å². The lowest BCUT2D eigenvalue weighted by atomic mass is 10.3. The topological polar surface area (TPSA) is 83.6 Å². The van der Waals surface area contributed by atoms with Crippen LogP contribution in [0.5, 0.6) is 0 Å². The van der Waals surface area contributed by atoms with Gasteiger partial charge in [0.2, 0.25) is 5.91 Å². The molecule has 1 aliphatic rings. The van der Waals surface area contributed by atoms with Crippen molar-refractivity contribution < 1.29 is 14.7 Å². The average Bonchev–Trinajstić information content (AvgIpc) is 2.33. The third-order valence-corrected chi connectivity index (χ3v) is 1.92. The maximum Gasteiger partial charge on any atom is 0.312 e. The zero-order valence-electron chi connectivity index (χ0n) is 6.69. The van der Waals surface area contributed by atoms with E-state index in [9.17, 15) is 9.59 Å². The van der Waals surface area contributed by atoms with Gasteiger partial charge in [-0.15, -0.1) is 0 Å². The Morgan fingerprint density at radius 2 is 2.25 bits per heavy atom. The highest BCUT2D eigenvalue weighted by atomic mass is 16.4. The number of amides is 1. The van der Waals surface area contributed by atoms with E-state index in [-0.39, 0.29) is 12.1 Å². The Balaban J connectivity index is 2.46. The summed E-state index contributed by atoms with van der Waals surface area (Å²) in [5.74, 6) is -1.48. The summed E-state index contributed by atoms with van der Waals surface area (Å²) in [5, 5.41) is 8.34. The van der Waals surface area contributed by atoms with E-state index in [0.717, 1.165) is 12.8 Å². The lowest BCUT2D eigenvalue weighted by molar-refractivity contribution is -0.144. The van der Waals surface area contributed by atoms with Gasteiger partial charge in [-0.3, -0.25) is 9.59 Å². The highest BCUT2D eigenvalue weighted by Gasteiger charge is 2.26. The maximum absolute atomic E-state index is 11.1. The zero-order valence-corrected chi connectivity index (χ0v) is 6.69. The molecule has 0 aromatic heterocycles. The molecule has 1 fully saturated rings. The number of carbonyl (C=O) groups is 2. The summed E-state index contributed by atoms with van der Waals surface area (Å²) in [4.78, 5) is 22.7. The van der Waals surface area contributed by atoms with Crippen LogP contribution >= 0.6 is 0 Å². The van der Waals surface area contributed by atoms with E-state index in [1.807, 2.05) is 0 Å². The molecule has 0 radical (unpaired) electrons. The average molecular weight is 172 g/mol. The van der Waals surface area contributed by atoms with Crippen molar-refractivity contribution >= 4 is 11.9 Å². The summed E-state index contributed by atoms with van der Waals surface area (Å²) < 4.78 is 0. The van der Waals surface area contributed by atoms with Crippen molar-refractivity contribution in [3.05, 3.63) is 0 Å². The van der Waals surface area contributed by atoms with E-state index in [1.54, 1.807) is 0 Å². The second kappa shape index (κ2) is 3.53. The molecule has 0 bridgehead atoms. The number of nitrogens with zero attached hydrogens (tertiary/aromatic N) is 1. The summed E-state index contributed by atoms with van der Waals surface area (Å²) in [7, 11) is 0. The van der Waals surface area contributed by atoms with Gasteiger partial charge in [-0.05, 0) is 12.8 Å². The molecule has 5 heteroatoms. The Morgan fingerprint density at radius 3 is 2.67 bits per heavy atom. The fraction of sp³-hybridized carbons (Fsp3) is 0.714. The largest absolute Gasteiger partial charge is 0.481 e. The van der Waals surface area contributed by atoms with Crippen molar-refractivity contribution in [1.29, 1.82) is 0 Å². The van der Waals surface area contributed by atoms with Crippen molar-refractivity contribution in [3.8, 4) is 0 Å². The monoisotopic (exact) mass is 172 g/mol. The minimum Gasteiger partial charge on any atom is -0.481 e. The minimum atomic E-state index is -1.10. The molecular weight excluding hydrogens is 160 g/mol. The van der Waals surface area contributed by atoms with Gasteiger partial charge in [0.15, 0.2) is 0 Å². The summed E-state index contributed by atoms with van der Waals surface area (Å²) in [6, 6.07) is 0. The lowest BCUT2D eigenvalue weighted by Crippen LogP contribution is -2.41. The van der Waals surface area contributed by atoms with Crippen LogP contribution in [0.3, 0.4) is 0 Å². The van der Waals surface area contributed by atoms with Crippen LogP contribution in [-0.2, 0) is 9.59 Å². The molecule has 1 unspecified atom stereocenters. The van der Waals surface area contributed by atoms with Gasteiger partial charge in [0.05, 0.1) is 6.17 Å². The number of likely N-dealkylation sites (tertiary alicyclic amines) is 1. The van der Waals surface area contributed by atoms with Crippen LogP contribution in [0.15, 0.2) is 0 Å². The Kier molecular flexibility index (Phi) is 2.65. The fourth-order valence-corrected chi connectivity index (χ4v) is 1.33. The second-order valence-corrected chi connectivity index (χ2v) is 2.87. The maximum atomic E-state index is 11.1. The summed E-state index contributed by atoms with van der Waals surface area (Å²) >= 11 is 0. The number of carboxylic acids is 1. The summed E-state index contributed by atoms with van der Waals surface area (Å²) in [6.45, 7) is 0.591. The first kappa shape index (κ1) is 8.99. The van der Waals surface area contributed by atoms with Gasteiger partial charge in [-0.25, -0.2) is 0 Å². The predicted octanol–water partition coefficient (Wildman–Crippen LogP) is -0.632. The van der Waals surface area contributed by atoms with Crippen LogP contribution in [0.4, 0.5) is 0 Å². The van der Waals surface area contributed by atoms with Gasteiger partial charge >= 0.3 is 5.97 Å². The van der Waals surface area contributed by atoms with Crippen LogP contribution in [0.2, 0.25) is 0 Å². The number of carbonyl (C=O) groups excluding carboxylic acids is 1. The number of hydrogen-bond donors (Lipinski definition) is 2. The van der Waals surface area contributed by atoms with E-state index in [2.05, 4.69) is 0 Å². The smallest absolute Gasteiger partial charge is 0.312 e. The third-order valence-electron chi connectivity index (χ3n) is 1.92. The molecule has 1 rings (SSSR count). The number of hydrogen-bond acceptors (Lipinski definition) is 3. The van der Waals surface area contributed by atoms with Crippen LogP contribution in [-0.4, -0.2) is 34.6 Å². The van der Waals surface area contributed by atoms with Crippen LogP contribution in [0.25, 0.3) is 0 Å². The van der Waals surface area contributed by atoms with Gasteiger partial charge in [0.1, 0.15) is 6.42 Å². The van der Waals surface area contributed by atoms with E-state index < -0.39 is 12.4 Å². The molecule has 1 amide bonds. The molecule has 3 N–H and O–H groups in total. The first-order chi connectivity index (χ1) is 5.61. The SMILES string of the molecule is NC1CCCN1C(=O)CC(=O)O. The van der Waals surface area contributed by atoms with Gasteiger partial charge in [0.25, 0.3) is 0 Å². The standard InChI is InChI=1S/C7H12N2O3/c8-5-2-1-3-9(5)6(10)4-7(11)12/h5H,1-4,8H2,(H,11,12). The van der Waals surface area contributed by atoms with Crippen LogP contribution in [0, 0.1) is 0 Å². The molecule has 1 aliphatic heterocycles. The first-order valence-corrected chi connectivity index (χ1v) is 3.88. The molecule has 0 spiro atoms. The van der Waals surface area contributed by atoms with E-state index in [0.29, 0.717) is 6.54 Å². The molecule has 0 aromatic rings. The van der Waals surface area contributed by atoms with E-state index in [4.69, 9.17) is 10.8 Å². The molecule has 68 valence electrons. The molecule has 5 nitrogen and oxygen atoms in total. The first-order valence-electron chi connectivity index (χ1n) is 3.88. The van der Waals surface area contributed by atoms with E-state index in [1.165, 1.54) is 4.90 Å². The number of nitrogens with two attached hydrogens (primary N) is 1. The van der Waals surface area contributed by atoms with Gasteiger partial charge in [0, 0.05) is 6.54 Å². The number of carboxylic acid groups (broad SMARTS) is 1. The lowest BCUT2D eigenvalue weighted by Gasteiger charge is -2.19. The Morgan fingerprint density at radius 1 is 1.58 bits per heavy atom. The van der Waals surface area contributed by atoms with Crippen molar-refractivity contribution in [2.45, 2.75) is 25.4 Å². The molecule has 0 aromatic carbocycles. The van der Waals surface area contributed by atoms with Gasteiger partial charge < -0.3 is 15.7 Å². The van der Waals surface area contributed by atoms with E-state index >= 15 is 0 Å². The molecule has 0 aliphatic carbocycles. The third kappa shape index (κ3) is 1.94. The molecule has 12 heavy (non-hydrogen) atoms. The highest BCUT2D eigenvalue weighted by molar-refractivity contribution is 5.93. The quantitative estimate of drug-likeness (QED) is 0.543. The highest BCUT2D eigenvalue weighted by Crippen LogP contribution is 2.13. The predicted molar refractivity (Wildman–Crippen MR) is 41.2 cm³/mol. The van der Waals surface area contributed by atoms with Crippen molar-refractivity contribution in [3.63, 3.8) is 0 Å². The van der Waals surface area contributed by atoms with Crippen molar-refractivity contribution in [2.24, 2.45) is 5.73 Å². The normalized spacial score (nSPS) is 22.8. The summed E-state index contributed by atoms with van der Waals surface area (Å²) in [6.07, 6.45) is 0.905. The number of rotatable bonds is 2. The van der Waals surface area contributed by atoms with Crippen molar-refractivity contribution in [1.82, 2.24) is 4.90 Å². The van der Waals surface area contributed by atoms with Crippen LogP contribution < -0.4 is 5.73 Å². The van der Waals surface area contributed by atoms with Crippen LogP contribution in [0.1, 0.15) is 19.3 Å². The summed E-state index contributed by atoms with van der Waals surface area (Å²) in [5.41, 5.74) is 5.57. The Hall–Kier alpha value is -1.10. The fourth-order valence-electron chi connectivity index (χ4n) is 1.33. The van der Waals surface area contributed by atoms with Crippen molar-refractivity contribution in [2.75, 3.05) is 6.54 Å². The zero-order chi connectivity index (χ0) is 9.14. The molecule has 1 saturated heterocycles. The molecule has 0 saturated carbocycles. The second-order valence-electron chi connectivity index (χ2n) is 2.87. The Bertz CT molecular complexity index is 205. The molecular formula is C7H12N2O3. The Labute approximate surface area is 70.1 Å². The van der Waals surface area contributed by atoms with Gasteiger partial charge in [-0.2, -0.15) is 0 Å². The molecule has 1 heterocycles. The molecule has 1 atom stereocenters. The minimum absolute atomic E-state index is 0.281.